The predicted molar refractivity (Wildman–Crippen MR) is 73.6 cm³/mol. The van der Waals surface area contributed by atoms with Crippen LogP contribution in [0.1, 0.15) is 16.1 Å². The van der Waals surface area contributed by atoms with Crippen LogP contribution in [0.15, 0.2) is 30.7 Å². The van der Waals surface area contributed by atoms with E-state index in [-0.39, 0.29) is 0 Å². The molecule has 2 heterocycles. The van der Waals surface area contributed by atoms with E-state index >= 15 is 0 Å². The fraction of sp³-hybridized carbons (Fsp3) is 0.286. The second-order valence-electron chi connectivity index (χ2n) is 4.45. The van der Waals surface area contributed by atoms with Crippen molar-refractivity contribution >= 4 is 6.29 Å². The van der Waals surface area contributed by atoms with Crippen molar-refractivity contribution in [1.82, 2.24) is 19.7 Å². The number of hydrogen-bond acceptors (Lipinski definition) is 5. The van der Waals surface area contributed by atoms with Crippen LogP contribution in [0.5, 0.6) is 0 Å². The maximum atomic E-state index is 11.1. The summed E-state index contributed by atoms with van der Waals surface area (Å²) in [7, 11) is 1.86. The van der Waals surface area contributed by atoms with Gasteiger partial charge in [0.05, 0.1) is 35.8 Å². The van der Waals surface area contributed by atoms with Crippen molar-refractivity contribution in [3.8, 4) is 11.8 Å². The maximum Gasteiger partial charge on any atom is 0.153 e. The minimum Gasteiger partial charge on any atom is -0.298 e. The Morgan fingerprint density at radius 3 is 3.05 bits per heavy atom. The number of nitrogens with zero attached hydrogens (tertiary/aromatic N) is 5. The first-order valence-corrected chi connectivity index (χ1v) is 6.24. The minimum atomic E-state index is 0.361. The molecule has 2 rings (SSSR count). The third-order valence-electron chi connectivity index (χ3n) is 2.93. The lowest BCUT2D eigenvalue weighted by Crippen LogP contribution is -2.21. The first kappa shape index (κ1) is 13.9. The van der Waals surface area contributed by atoms with Crippen LogP contribution in [0.2, 0.25) is 0 Å². The summed E-state index contributed by atoms with van der Waals surface area (Å²) in [5.74, 6) is 0. The van der Waals surface area contributed by atoms with Gasteiger partial charge in [-0.1, -0.05) is 0 Å². The molecule has 0 aliphatic carbocycles. The smallest absolute Gasteiger partial charge is 0.153 e. The van der Waals surface area contributed by atoms with E-state index in [1.54, 1.807) is 23.3 Å². The van der Waals surface area contributed by atoms with Crippen LogP contribution in [-0.2, 0) is 6.42 Å². The minimum absolute atomic E-state index is 0.361. The lowest BCUT2D eigenvalue weighted by atomic mass is 10.2. The molecule has 0 N–H and O–H groups in total. The van der Waals surface area contributed by atoms with E-state index in [1.165, 1.54) is 0 Å². The average Bonchev–Trinajstić information content (AvgIpc) is 2.90. The molecule has 0 saturated heterocycles. The second-order valence-corrected chi connectivity index (χ2v) is 4.45. The Hall–Kier alpha value is -2.52. The van der Waals surface area contributed by atoms with Gasteiger partial charge in [-0.25, -0.2) is 4.68 Å². The number of carbonyl (C=O) groups is 1. The van der Waals surface area contributed by atoms with E-state index < -0.39 is 0 Å². The zero-order valence-corrected chi connectivity index (χ0v) is 11.2. The van der Waals surface area contributed by atoms with E-state index in [9.17, 15) is 4.79 Å². The fourth-order valence-corrected chi connectivity index (χ4v) is 1.83. The van der Waals surface area contributed by atoms with Crippen LogP contribution in [0.25, 0.3) is 5.69 Å². The number of nitriles is 1. The van der Waals surface area contributed by atoms with Crippen LogP contribution in [0.4, 0.5) is 0 Å². The molecule has 6 nitrogen and oxygen atoms in total. The molecule has 20 heavy (non-hydrogen) atoms. The number of aldehydes is 1. The van der Waals surface area contributed by atoms with Gasteiger partial charge in [0.1, 0.15) is 0 Å². The molecule has 2 aromatic heterocycles. The summed E-state index contributed by atoms with van der Waals surface area (Å²) >= 11 is 0. The van der Waals surface area contributed by atoms with E-state index in [4.69, 9.17) is 5.26 Å². The van der Waals surface area contributed by atoms with Gasteiger partial charge < -0.3 is 0 Å². The summed E-state index contributed by atoms with van der Waals surface area (Å²) in [6.45, 7) is 1.04. The summed E-state index contributed by atoms with van der Waals surface area (Å²) in [5.41, 5.74) is 2.11. The van der Waals surface area contributed by atoms with Gasteiger partial charge >= 0.3 is 0 Å². The monoisotopic (exact) mass is 269 g/mol. The maximum absolute atomic E-state index is 11.1. The molecular formula is C14H15N5O. The molecule has 0 aromatic carbocycles. The molecule has 6 heteroatoms. The van der Waals surface area contributed by atoms with Crippen molar-refractivity contribution in [2.24, 2.45) is 0 Å². The number of likely N-dealkylation sites (N-methyl/N-ethyl adjacent to an activating group) is 1. The summed E-state index contributed by atoms with van der Waals surface area (Å²) in [4.78, 5) is 17.0. The summed E-state index contributed by atoms with van der Waals surface area (Å²) in [6, 6.07) is 5.78. The number of rotatable bonds is 6. The summed E-state index contributed by atoms with van der Waals surface area (Å²) < 4.78 is 1.65. The molecule has 0 bridgehead atoms. The van der Waals surface area contributed by atoms with Gasteiger partial charge in [0.15, 0.2) is 6.29 Å². The van der Waals surface area contributed by atoms with Crippen molar-refractivity contribution in [2.75, 3.05) is 20.1 Å². The Kier molecular flexibility index (Phi) is 4.58. The highest BCUT2D eigenvalue weighted by atomic mass is 16.1. The van der Waals surface area contributed by atoms with E-state index in [0.717, 1.165) is 17.7 Å². The van der Waals surface area contributed by atoms with Crippen LogP contribution in [0.3, 0.4) is 0 Å². The molecule has 2 aromatic rings. The van der Waals surface area contributed by atoms with Crippen molar-refractivity contribution < 1.29 is 4.79 Å². The Morgan fingerprint density at radius 2 is 2.40 bits per heavy atom. The number of pyridine rings is 1. The molecule has 0 unspecified atom stereocenters. The molecule has 0 aliphatic heterocycles. The molecule has 0 aliphatic rings. The molecule has 0 saturated carbocycles. The van der Waals surface area contributed by atoms with Crippen molar-refractivity contribution in [1.29, 1.82) is 5.26 Å². The van der Waals surface area contributed by atoms with Gasteiger partial charge in [-0.3, -0.25) is 14.7 Å². The molecule has 0 fully saturated rings. The molecule has 0 atom stereocenters. The Balaban J connectivity index is 2.16. The number of carbonyl (C=O) groups excluding carboxylic acids is 1. The first-order chi connectivity index (χ1) is 9.74. The zero-order chi connectivity index (χ0) is 14.4. The zero-order valence-electron chi connectivity index (χ0n) is 11.2. The lowest BCUT2D eigenvalue weighted by Gasteiger charge is -2.10. The third kappa shape index (κ3) is 3.28. The summed E-state index contributed by atoms with van der Waals surface area (Å²) in [6.07, 6.45) is 6.50. The van der Waals surface area contributed by atoms with Gasteiger partial charge in [-0.05, 0) is 19.2 Å². The Bertz CT molecular complexity index is 614. The van der Waals surface area contributed by atoms with Crippen molar-refractivity contribution in [3.63, 3.8) is 0 Å². The standard InChI is InChI=1S/C14H15N5O/c1-18(8-5-15)7-4-14-12(11-20)10-19(17-14)13-3-2-6-16-9-13/h2-3,6,9-11H,4,7-8H2,1H3. The highest BCUT2D eigenvalue weighted by Crippen LogP contribution is 2.11. The fourth-order valence-electron chi connectivity index (χ4n) is 1.83. The number of hydrogen-bond donors (Lipinski definition) is 0. The molecule has 0 amide bonds. The van der Waals surface area contributed by atoms with Gasteiger partial charge in [0.25, 0.3) is 0 Å². The quantitative estimate of drug-likeness (QED) is 0.579. The molecule has 102 valence electrons. The molecule has 0 radical (unpaired) electrons. The van der Waals surface area contributed by atoms with Crippen LogP contribution in [-0.4, -0.2) is 46.1 Å². The highest BCUT2D eigenvalue weighted by molar-refractivity contribution is 5.76. The van der Waals surface area contributed by atoms with Crippen LogP contribution in [0, 0.1) is 11.3 Å². The van der Waals surface area contributed by atoms with E-state index in [2.05, 4.69) is 16.2 Å². The Labute approximate surface area is 117 Å². The largest absolute Gasteiger partial charge is 0.298 e. The second kappa shape index (κ2) is 6.59. The van der Waals surface area contributed by atoms with Gasteiger partial charge in [0.2, 0.25) is 0 Å². The first-order valence-electron chi connectivity index (χ1n) is 6.24. The number of aromatic nitrogens is 3. The van der Waals surface area contributed by atoms with E-state index in [1.807, 2.05) is 24.1 Å². The van der Waals surface area contributed by atoms with E-state index in [0.29, 0.717) is 25.1 Å². The van der Waals surface area contributed by atoms with Crippen LogP contribution < -0.4 is 0 Å². The average molecular weight is 269 g/mol. The Morgan fingerprint density at radius 1 is 1.55 bits per heavy atom. The van der Waals surface area contributed by atoms with Crippen LogP contribution >= 0.6 is 0 Å². The highest BCUT2D eigenvalue weighted by Gasteiger charge is 2.10. The third-order valence-corrected chi connectivity index (χ3v) is 2.93. The topological polar surface area (TPSA) is 74.8 Å². The van der Waals surface area contributed by atoms with Crippen molar-refractivity contribution in [2.45, 2.75) is 6.42 Å². The summed E-state index contributed by atoms with van der Waals surface area (Å²) in [5, 5.41) is 13.0. The lowest BCUT2D eigenvalue weighted by molar-refractivity contribution is 0.112. The SMILES string of the molecule is CN(CC#N)CCc1nn(-c2cccnc2)cc1C=O. The molecular weight excluding hydrogens is 254 g/mol. The van der Waals surface area contributed by atoms with Crippen molar-refractivity contribution in [3.05, 3.63) is 42.0 Å². The predicted octanol–water partition coefficient (Wildman–Crippen LogP) is 1.08. The van der Waals surface area contributed by atoms with Gasteiger partial charge in [0, 0.05) is 25.4 Å². The van der Waals surface area contributed by atoms with Gasteiger partial charge in [-0.15, -0.1) is 0 Å². The normalized spacial score (nSPS) is 10.4. The molecule has 0 spiro atoms. The van der Waals surface area contributed by atoms with Gasteiger partial charge in [-0.2, -0.15) is 10.4 Å².